The summed E-state index contributed by atoms with van der Waals surface area (Å²) in [6, 6.07) is 4.22. The van der Waals surface area contributed by atoms with Crippen LogP contribution in [0.1, 0.15) is 5.56 Å². The molecule has 10 atom stereocenters. The molecule has 3 rings (SSSR count). The van der Waals surface area contributed by atoms with E-state index in [2.05, 4.69) is 5.32 Å². The van der Waals surface area contributed by atoms with E-state index in [1.54, 1.807) is 6.92 Å². The third-order valence-corrected chi connectivity index (χ3v) is 5.72. The van der Waals surface area contributed by atoms with Crippen molar-refractivity contribution in [2.45, 2.75) is 68.3 Å². The molecule has 2 aliphatic rings. The average molecular weight is 476 g/mol. The van der Waals surface area contributed by atoms with Gasteiger partial charge < -0.3 is 55.3 Å². The zero-order valence-corrected chi connectivity index (χ0v) is 17.5. The Morgan fingerprint density at radius 1 is 0.970 bits per heavy atom. The molecule has 2 aliphatic heterocycles. The number of nitro groups is 1. The van der Waals surface area contributed by atoms with Gasteiger partial charge in [-0.1, -0.05) is 6.07 Å². The summed E-state index contributed by atoms with van der Waals surface area (Å²) in [7, 11) is 0. The number of aliphatic hydroxyl groups excluding tert-OH is 7. The van der Waals surface area contributed by atoms with Crippen LogP contribution < -0.4 is 5.32 Å². The Hall–Kier alpha value is -1.98. The van der Waals surface area contributed by atoms with E-state index in [1.807, 2.05) is 0 Å². The molecule has 0 bridgehead atoms. The van der Waals surface area contributed by atoms with Gasteiger partial charge >= 0.3 is 0 Å². The van der Waals surface area contributed by atoms with Crippen LogP contribution in [0.2, 0.25) is 0 Å². The lowest BCUT2D eigenvalue weighted by atomic mass is 9.96. The minimum Gasteiger partial charge on any atom is -0.394 e. The minimum absolute atomic E-state index is 0.173. The molecule has 0 unspecified atom stereocenters. The van der Waals surface area contributed by atoms with Gasteiger partial charge in [0.15, 0.2) is 12.5 Å². The summed E-state index contributed by atoms with van der Waals surface area (Å²) >= 11 is 0. The number of hydrogen-bond donors (Lipinski definition) is 8. The Kier molecular flexibility index (Phi) is 8.17. The monoisotopic (exact) mass is 476 g/mol. The molecule has 1 aromatic carbocycles. The molecule has 0 amide bonds. The molecule has 14 heteroatoms. The second kappa shape index (κ2) is 10.5. The SMILES string of the molecule is Cc1ccc(N[C@H]2O[C@H](CO)[C@@H](O[C@H]3O[C@@H](CO)[C@H](O)[C@@H](O)[C@@H]3O)[C@H](O)[C@H]2O)cc1[N+](=O)[O-]. The molecule has 2 fully saturated rings. The largest absolute Gasteiger partial charge is 0.394 e. The fourth-order valence-corrected chi connectivity index (χ4v) is 3.77. The molecule has 33 heavy (non-hydrogen) atoms. The second-order valence-corrected chi connectivity index (χ2v) is 7.96. The van der Waals surface area contributed by atoms with Gasteiger partial charge in [0.05, 0.1) is 18.1 Å². The first-order valence-electron chi connectivity index (χ1n) is 10.2. The predicted octanol–water partition coefficient (Wildman–Crippen LogP) is -3.06. The van der Waals surface area contributed by atoms with Crippen molar-refractivity contribution < 1.29 is 54.9 Å². The number of nitro benzene ring substituents is 1. The fraction of sp³-hybridized carbons (Fsp3) is 0.684. The molecule has 0 aromatic heterocycles. The van der Waals surface area contributed by atoms with Crippen molar-refractivity contribution in [3.8, 4) is 0 Å². The summed E-state index contributed by atoms with van der Waals surface area (Å²) in [5, 5.41) is 84.0. The van der Waals surface area contributed by atoms with Gasteiger partial charge in [0.2, 0.25) is 0 Å². The first kappa shape index (κ1) is 25.6. The third kappa shape index (κ3) is 5.25. The van der Waals surface area contributed by atoms with E-state index in [1.165, 1.54) is 18.2 Å². The Bertz CT molecular complexity index is 824. The zero-order valence-electron chi connectivity index (χ0n) is 17.5. The number of nitrogens with zero attached hydrogens (tertiary/aromatic N) is 1. The van der Waals surface area contributed by atoms with Crippen molar-refractivity contribution in [2.75, 3.05) is 18.5 Å². The molecule has 0 spiro atoms. The molecule has 8 N–H and O–H groups in total. The van der Waals surface area contributed by atoms with Crippen LogP contribution in [0.25, 0.3) is 0 Å². The van der Waals surface area contributed by atoms with Crippen LogP contribution in [0.3, 0.4) is 0 Å². The van der Waals surface area contributed by atoms with Crippen LogP contribution in [0, 0.1) is 17.0 Å². The van der Waals surface area contributed by atoms with Crippen molar-refractivity contribution in [1.82, 2.24) is 0 Å². The normalized spacial score (nSPS) is 39.3. The highest BCUT2D eigenvalue weighted by Crippen LogP contribution is 2.30. The molecular weight excluding hydrogens is 448 g/mol. The van der Waals surface area contributed by atoms with Crippen molar-refractivity contribution >= 4 is 11.4 Å². The standard InChI is InChI=1S/C19H28N2O12/c1-7-2-3-8(4-9(7)21(29)30)20-18-15(27)14(26)17(11(6-23)31-18)33-19-16(28)13(25)12(24)10(5-22)32-19/h2-4,10-20,22-28H,5-6H2,1H3/t10-,11+,12-,13+,14+,15+,16-,17+,18-,19+/m0/s1. The molecule has 2 heterocycles. The van der Waals surface area contributed by atoms with Gasteiger partial charge in [0.1, 0.15) is 48.8 Å². The highest BCUT2D eigenvalue weighted by Gasteiger charge is 2.50. The van der Waals surface area contributed by atoms with E-state index in [0.29, 0.717) is 5.56 Å². The zero-order chi connectivity index (χ0) is 24.4. The topological polar surface area (TPSA) is 224 Å². The van der Waals surface area contributed by atoms with E-state index in [0.717, 1.165) is 0 Å². The van der Waals surface area contributed by atoms with Crippen LogP contribution in [0.5, 0.6) is 0 Å². The summed E-state index contributed by atoms with van der Waals surface area (Å²) in [5.41, 5.74) is 0.457. The van der Waals surface area contributed by atoms with Crippen LogP contribution in [0.4, 0.5) is 11.4 Å². The Balaban J connectivity index is 1.74. The molecule has 186 valence electrons. The summed E-state index contributed by atoms with van der Waals surface area (Å²) in [5.74, 6) is 0. The number of rotatable bonds is 7. The molecule has 0 radical (unpaired) electrons. The lowest BCUT2D eigenvalue weighted by molar-refractivity contribution is -0.385. The number of nitrogens with one attached hydrogen (secondary N) is 1. The van der Waals surface area contributed by atoms with Crippen LogP contribution in [-0.4, -0.2) is 115 Å². The molecule has 14 nitrogen and oxygen atoms in total. The molecular formula is C19H28N2O12. The van der Waals surface area contributed by atoms with Crippen LogP contribution >= 0.6 is 0 Å². The quantitative estimate of drug-likeness (QED) is 0.145. The van der Waals surface area contributed by atoms with Crippen LogP contribution in [0.15, 0.2) is 18.2 Å². The maximum absolute atomic E-state index is 11.2. The average Bonchev–Trinajstić information content (AvgIpc) is 2.79. The van der Waals surface area contributed by atoms with E-state index >= 15 is 0 Å². The molecule has 2 saturated heterocycles. The van der Waals surface area contributed by atoms with E-state index < -0.39 is 79.5 Å². The highest BCUT2D eigenvalue weighted by molar-refractivity contribution is 5.55. The molecule has 0 saturated carbocycles. The van der Waals surface area contributed by atoms with Gasteiger partial charge in [-0.15, -0.1) is 0 Å². The summed E-state index contributed by atoms with van der Waals surface area (Å²) in [6.45, 7) is 0.160. The Morgan fingerprint density at radius 2 is 1.64 bits per heavy atom. The number of aryl methyl sites for hydroxylation is 1. The van der Waals surface area contributed by atoms with Gasteiger partial charge in [-0.25, -0.2) is 0 Å². The minimum atomic E-state index is -1.77. The number of benzene rings is 1. The van der Waals surface area contributed by atoms with Gasteiger partial charge in [0, 0.05) is 17.3 Å². The van der Waals surface area contributed by atoms with Crippen molar-refractivity contribution in [3.63, 3.8) is 0 Å². The lowest BCUT2D eigenvalue weighted by Gasteiger charge is -2.46. The van der Waals surface area contributed by atoms with Crippen molar-refractivity contribution in [1.29, 1.82) is 0 Å². The second-order valence-electron chi connectivity index (χ2n) is 7.96. The van der Waals surface area contributed by atoms with Gasteiger partial charge in [-0.2, -0.15) is 0 Å². The van der Waals surface area contributed by atoms with Crippen LogP contribution in [-0.2, 0) is 14.2 Å². The smallest absolute Gasteiger partial charge is 0.274 e. The Morgan fingerprint density at radius 3 is 2.24 bits per heavy atom. The van der Waals surface area contributed by atoms with Gasteiger partial charge in [0.25, 0.3) is 5.69 Å². The van der Waals surface area contributed by atoms with E-state index in [-0.39, 0.29) is 11.4 Å². The Labute approximate surface area is 187 Å². The summed E-state index contributed by atoms with van der Waals surface area (Å²) < 4.78 is 16.3. The fourth-order valence-electron chi connectivity index (χ4n) is 3.77. The van der Waals surface area contributed by atoms with Crippen molar-refractivity contribution in [3.05, 3.63) is 33.9 Å². The number of hydrogen-bond acceptors (Lipinski definition) is 13. The lowest BCUT2D eigenvalue weighted by Crippen LogP contribution is -2.65. The van der Waals surface area contributed by atoms with E-state index in [9.17, 15) is 45.9 Å². The van der Waals surface area contributed by atoms with Gasteiger partial charge in [-0.05, 0) is 13.0 Å². The first-order valence-corrected chi connectivity index (χ1v) is 10.2. The van der Waals surface area contributed by atoms with Gasteiger partial charge in [-0.3, -0.25) is 10.1 Å². The molecule has 1 aromatic rings. The highest BCUT2D eigenvalue weighted by atomic mass is 16.7. The summed E-state index contributed by atoms with van der Waals surface area (Å²) in [6.07, 6.45) is -15.4. The maximum Gasteiger partial charge on any atom is 0.274 e. The number of ether oxygens (including phenoxy) is 3. The number of anilines is 1. The van der Waals surface area contributed by atoms with Crippen molar-refractivity contribution in [2.24, 2.45) is 0 Å². The maximum atomic E-state index is 11.2. The first-order chi connectivity index (χ1) is 15.6. The predicted molar refractivity (Wildman–Crippen MR) is 108 cm³/mol. The molecule has 0 aliphatic carbocycles. The number of aliphatic hydroxyl groups is 7. The van der Waals surface area contributed by atoms with E-state index in [4.69, 9.17) is 14.2 Å². The third-order valence-electron chi connectivity index (χ3n) is 5.72. The summed E-state index contributed by atoms with van der Waals surface area (Å²) in [4.78, 5) is 10.6.